The smallest absolute Gasteiger partial charge is 0.293 e. The van der Waals surface area contributed by atoms with Gasteiger partial charge in [0.15, 0.2) is 0 Å². The zero-order valence-electron chi connectivity index (χ0n) is 14.4. The second-order valence-electron chi connectivity index (χ2n) is 6.07. The molecule has 9 nitrogen and oxygen atoms in total. The zero-order valence-corrected chi connectivity index (χ0v) is 15.2. The van der Waals surface area contributed by atoms with Crippen molar-refractivity contribution in [3.05, 3.63) is 63.2 Å². The third-order valence-corrected chi connectivity index (χ3v) is 6.07. The third kappa shape index (κ3) is 3.14. The summed E-state index contributed by atoms with van der Waals surface area (Å²) in [6.07, 6.45) is 0. The topological polar surface area (TPSA) is 127 Å². The summed E-state index contributed by atoms with van der Waals surface area (Å²) in [5, 5.41) is 13.5. The number of hydrogen-bond donors (Lipinski definition) is 1. The van der Waals surface area contributed by atoms with Crippen molar-refractivity contribution in [1.82, 2.24) is 4.31 Å². The monoisotopic (exact) mass is 389 g/mol. The predicted octanol–water partition coefficient (Wildman–Crippen LogP) is 1.99. The number of aryl methyl sites for hydroxylation is 2. The summed E-state index contributed by atoms with van der Waals surface area (Å²) in [4.78, 5) is 35.1. The molecule has 1 aliphatic heterocycles. The summed E-state index contributed by atoms with van der Waals surface area (Å²) in [5.41, 5.74) is 1.00. The van der Waals surface area contributed by atoms with E-state index in [2.05, 4.69) is 5.32 Å². The van der Waals surface area contributed by atoms with Gasteiger partial charge in [-0.05, 0) is 43.2 Å². The van der Waals surface area contributed by atoms with Crippen LogP contribution in [0.4, 0.5) is 11.4 Å². The number of amides is 2. The van der Waals surface area contributed by atoms with Crippen molar-refractivity contribution in [1.29, 1.82) is 0 Å². The Morgan fingerprint density at radius 3 is 2.44 bits per heavy atom. The maximum atomic E-state index is 12.5. The number of nitro groups is 1. The minimum Gasteiger partial charge on any atom is -0.319 e. The Balaban J connectivity index is 1.87. The Bertz CT molecular complexity index is 1090. The van der Waals surface area contributed by atoms with Crippen molar-refractivity contribution in [2.24, 2.45) is 0 Å². The maximum absolute atomic E-state index is 12.5. The lowest BCUT2D eigenvalue weighted by Crippen LogP contribution is -2.37. The molecule has 0 spiro atoms. The van der Waals surface area contributed by atoms with Crippen LogP contribution in [0.3, 0.4) is 0 Å². The van der Waals surface area contributed by atoms with Crippen LogP contribution in [0.5, 0.6) is 0 Å². The standard InChI is InChI=1S/C17H15N3O6S/c1-10-7-13(14(20(23)24)8-11(10)2)18-16(21)9-19-17(22)12-5-3-4-6-15(12)27(19,25)26/h3-8H,9H2,1-2H3,(H,18,21). The molecule has 2 aromatic rings. The van der Waals surface area contributed by atoms with Crippen molar-refractivity contribution in [2.45, 2.75) is 18.7 Å². The van der Waals surface area contributed by atoms with Gasteiger partial charge in [-0.3, -0.25) is 19.7 Å². The van der Waals surface area contributed by atoms with Gasteiger partial charge in [0, 0.05) is 6.07 Å². The quantitative estimate of drug-likeness (QED) is 0.629. The van der Waals surface area contributed by atoms with E-state index < -0.39 is 33.3 Å². The number of nitrogens with one attached hydrogen (secondary N) is 1. The SMILES string of the molecule is Cc1cc(NC(=O)CN2C(=O)c3ccccc3S2(=O)=O)c([N+](=O)[O-])cc1C. The van der Waals surface area contributed by atoms with Crippen LogP contribution in [0.15, 0.2) is 41.3 Å². The average Bonchev–Trinajstić information content (AvgIpc) is 2.79. The predicted molar refractivity (Wildman–Crippen MR) is 95.9 cm³/mol. The Morgan fingerprint density at radius 1 is 1.19 bits per heavy atom. The molecule has 10 heteroatoms. The molecule has 0 atom stereocenters. The van der Waals surface area contributed by atoms with Crippen molar-refractivity contribution in [3.63, 3.8) is 0 Å². The van der Waals surface area contributed by atoms with E-state index >= 15 is 0 Å². The maximum Gasteiger partial charge on any atom is 0.293 e. The lowest BCUT2D eigenvalue weighted by Gasteiger charge is -2.15. The number of sulfonamides is 1. The van der Waals surface area contributed by atoms with Gasteiger partial charge in [0.2, 0.25) is 5.91 Å². The van der Waals surface area contributed by atoms with E-state index in [0.29, 0.717) is 15.4 Å². The largest absolute Gasteiger partial charge is 0.319 e. The summed E-state index contributed by atoms with van der Waals surface area (Å²) < 4.78 is 25.4. The van der Waals surface area contributed by atoms with Gasteiger partial charge in [0.05, 0.1) is 10.5 Å². The molecular formula is C17H15N3O6S. The molecule has 0 bridgehead atoms. The molecule has 1 heterocycles. The minimum atomic E-state index is -4.14. The summed E-state index contributed by atoms with van der Waals surface area (Å²) in [6.45, 7) is 2.64. The summed E-state index contributed by atoms with van der Waals surface area (Å²) in [5.74, 6) is -1.67. The van der Waals surface area contributed by atoms with E-state index in [9.17, 15) is 28.1 Å². The minimum absolute atomic E-state index is 0.0116. The van der Waals surface area contributed by atoms with Crippen LogP contribution in [0.1, 0.15) is 21.5 Å². The first-order chi connectivity index (χ1) is 12.6. The molecule has 1 aliphatic rings. The summed E-state index contributed by atoms with van der Waals surface area (Å²) in [6, 6.07) is 8.40. The van der Waals surface area contributed by atoms with Crippen molar-refractivity contribution in [2.75, 3.05) is 11.9 Å². The molecule has 3 rings (SSSR count). The highest BCUT2D eigenvalue weighted by Crippen LogP contribution is 2.31. The molecule has 2 aromatic carbocycles. The first-order valence-corrected chi connectivity index (χ1v) is 9.28. The number of nitrogens with zero attached hydrogens (tertiary/aromatic N) is 2. The van der Waals surface area contributed by atoms with E-state index in [0.717, 1.165) is 0 Å². The number of rotatable bonds is 4. The molecule has 27 heavy (non-hydrogen) atoms. The van der Waals surface area contributed by atoms with Crippen LogP contribution in [0, 0.1) is 24.0 Å². The zero-order chi connectivity index (χ0) is 19.9. The van der Waals surface area contributed by atoms with Gasteiger partial charge in [0.1, 0.15) is 17.1 Å². The molecule has 0 saturated heterocycles. The Labute approximate surface area is 154 Å². The van der Waals surface area contributed by atoms with E-state index in [-0.39, 0.29) is 21.8 Å². The molecular weight excluding hydrogens is 374 g/mol. The van der Waals surface area contributed by atoms with Crippen molar-refractivity contribution >= 4 is 33.2 Å². The van der Waals surface area contributed by atoms with Crippen molar-refractivity contribution < 1.29 is 22.9 Å². The van der Waals surface area contributed by atoms with Gasteiger partial charge >= 0.3 is 0 Å². The Morgan fingerprint density at radius 2 is 1.81 bits per heavy atom. The highest BCUT2D eigenvalue weighted by atomic mass is 32.2. The van der Waals surface area contributed by atoms with Gasteiger partial charge in [-0.1, -0.05) is 12.1 Å². The molecule has 2 amide bonds. The first kappa shape index (κ1) is 18.5. The molecule has 0 unspecified atom stereocenters. The van der Waals surface area contributed by atoms with Gasteiger partial charge in [-0.25, -0.2) is 12.7 Å². The van der Waals surface area contributed by atoms with Crippen LogP contribution in [0.2, 0.25) is 0 Å². The molecule has 0 radical (unpaired) electrons. The van der Waals surface area contributed by atoms with Crippen LogP contribution in [-0.2, 0) is 14.8 Å². The number of fused-ring (bicyclic) bond motifs is 1. The fourth-order valence-electron chi connectivity index (χ4n) is 2.76. The van der Waals surface area contributed by atoms with E-state index in [1.807, 2.05) is 0 Å². The highest BCUT2D eigenvalue weighted by molar-refractivity contribution is 7.90. The van der Waals surface area contributed by atoms with E-state index in [4.69, 9.17) is 0 Å². The van der Waals surface area contributed by atoms with Gasteiger partial charge in [0.25, 0.3) is 21.6 Å². The number of anilines is 1. The fourth-order valence-corrected chi connectivity index (χ4v) is 4.28. The van der Waals surface area contributed by atoms with Gasteiger partial charge in [-0.2, -0.15) is 0 Å². The Kier molecular flexibility index (Phi) is 4.44. The molecule has 0 fully saturated rings. The van der Waals surface area contributed by atoms with Crippen LogP contribution in [0.25, 0.3) is 0 Å². The number of nitro benzene ring substituents is 1. The lowest BCUT2D eigenvalue weighted by molar-refractivity contribution is -0.384. The first-order valence-electron chi connectivity index (χ1n) is 7.84. The van der Waals surface area contributed by atoms with Crippen LogP contribution >= 0.6 is 0 Å². The summed E-state index contributed by atoms with van der Waals surface area (Å²) in [7, 11) is -4.14. The summed E-state index contributed by atoms with van der Waals surface area (Å²) >= 11 is 0. The third-order valence-electron chi connectivity index (χ3n) is 4.28. The molecule has 0 aromatic heterocycles. The van der Waals surface area contributed by atoms with Gasteiger partial charge in [-0.15, -0.1) is 0 Å². The number of hydrogen-bond acceptors (Lipinski definition) is 6. The van der Waals surface area contributed by atoms with E-state index in [1.54, 1.807) is 13.8 Å². The average molecular weight is 389 g/mol. The molecule has 1 N–H and O–H groups in total. The normalized spacial score (nSPS) is 14.7. The lowest BCUT2D eigenvalue weighted by atomic mass is 10.1. The number of carbonyl (C=O) groups excluding carboxylic acids is 2. The van der Waals surface area contributed by atoms with E-state index in [1.165, 1.54) is 36.4 Å². The fraction of sp³-hybridized carbons (Fsp3) is 0.176. The van der Waals surface area contributed by atoms with Gasteiger partial charge < -0.3 is 5.32 Å². The van der Waals surface area contributed by atoms with Crippen LogP contribution in [-0.4, -0.2) is 36.0 Å². The second kappa shape index (κ2) is 6.47. The van der Waals surface area contributed by atoms with Crippen LogP contribution < -0.4 is 5.32 Å². The van der Waals surface area contributed by atoms with Crippen molar-refractivity contribution in [3.8, 4) is 0 Å². The second-order valence-corrected chi connectivity index (χ2v) is 7.90. The molecule has 140 valence electrons. The molecule has 0 saturated carbocycles. The number of benzene rings is 2. The number of carbonyl (C=O) groups is 2. The Hall–Kier alpha value is -3.27. The molecule has 0 aliphatic carbocycles. The highest BCUT2D eigenvalue weighted by Gasteiger charge is 2.41.